The fourth-order valence-corrected chi connectivity index (χ4v) is 2.58. The summed E-state index contributed by atoms with van der Waals surface area (Å²) in [5, 5.41) is 5.03. The van der Waals surface area contributed by atoms with E-state index in [1.54, 1.807) is 7.11 Å². The van der Waals surface area contributed by atoms with Crippen LogP contribution in [0.25, 0.3) is 0 Å². The summed E-state index contributed by atoms with van der Waals surface area (Å²) in [7, 11) is 1.72. The first kappa shape index (κ1) is 14.1. The van der Waals surface area contributed by atoms with Gasteiger partial charge in [-0.2, -0.15) is 0 Å². The average molecular weight is 288 g/mol. The molecule has 1 fully saturated rings. The van der Waals surface area contributed by atoms with E-state index < -0.39 is 0 Å². The fourth-order valence-electron chi connectivity index (χ4n) is 2.20. The standard InChI is InChI=1S/C14H19Cl2NO/c1-18-7-6-17-10-14(4-5-14)9-11-8-12(15)2-3-13(11)16/h2-3,8,17H,4-7,9-10H2,1H3. The summed E-state index contributed by atoms with van der Waals surface area (Å²) in [5.41, 5.74) is 1.54. The maximum Gasteiger partial charge on any atom is 0.0587 e. The van der Waals surface area contributed by atoms with Crippen molar-refractivity contribution in [2.45, 2.75) is 19.3 Å². The number of hydrogen-bond acceptors (Lipinski definition) is 2. The van der Waals surface area contributed by atoms with E-state index in [0.717, 1.165) is 41.7 Å². The fraction of sp³-hybridized carbons (Fsp3) is 0.571. The van der Waals surface area contributed by atoms with Crippen molar-refractivity contribution in [1.29, 1.82) is 0 Å². The lowest BCUT2D eigenvalue weighted by atomic mass is 9.96. The number of methoxy groups -OCH3 is 1. The molecule has 4 heteroatoms. The van der Waals surface area contributed by atoms with Crippen LogP contribution in [0.1, 0.15) is 18.4 Å². The van der Waals surface area contributed by atoms with E-state index in [0.29, 0.717) is 5.41 Å². The van der Waals surface area contributed by atoms with Crippen LogP contribution >= 0.6 is 23.2 Å². The summed E-state index contributed by atoms with van der Waals surface area (Å²) < 4.78 is 5.03. The minimum atomic E-state index is 0.377. The lowest BCUT2D eigenvalue weighted by molar-refractivity contribution is 0.197. The van der Waals surface area contributed by atoms with Crippen LogP contribution in [-0.2, 0) is 11.2 Å². The van der Waals surface area contributed by atoms with Gasteiger partial charge in [-0.05, 0) is 48.4 Å². The summed E-state index contributed by atoms with van der Waals surface area (Å²) in [6, 6.07) is 5.70. The molecule has 0 aromatic heterocycles. The van der Waals surface area contributed by atoms with Gasteiger partial charge in [-0.25, -0.2) is 0 Å². The Morgan fingerprint density at radius 3 is 2.78 bits per heavy atom. The van der Waals surface area contributed by atoms with Crippen molar-refractivity contribution in [3.05, 3.63) is 33.8 Å². The molecule has 0 aliphatic heterocycles. The topological polar surface area (TPSA) is 21.3 Å². The normalized spacial score (nSPS) is 16.8. The van der Waals surface area contributed by atoms with Gasteiger partial charge in [0.1, 0.15) is 0 Å². The molecule has 0 radical (unpaired) electrons. The number of hydrogen-bond donors (Lipinski definition) is 1. The molecule has 18 heavy (non-hydrogen) atoms. The van der Waals surface area contributed by atoms with Crippen molar-refractivity contribution in [2.24, 2.45) is 5.41 Å². The maximum atomic E-state index is 6.21. The molecular formula is C14H19Cl2NO. The molecule has 0 saturated heterocycles. The van der Waals surface area contributed by atoms with Crippen molar-refractivity contribution in [3.63, 3.8) is 0 Å². The van der Waals surface area contributed by atoms with E-state index in [2.05, 4.69) is 5.32 Å². The van der Waals surface area contributed by atoms with Gasteiger partial charge in [0, 0.05) is 30.2 Å². The van der Waals surface area contributed by atoms with Crippen LogP contribution in [0.5, 0.6) is 0 Å². The molecule has 1 N–H and O–H groups in total. The SMILES string of the molecule is COCCNCC1(Cc2cc(Cl)ccc2Cl)CC1. The molecular weight excluding hydrogens is 269 g/mol. The van der Waals surface area contributed by atoms with Crippen molar-refractivity contribution in [2.75, 3.05) is 26.8 Å². The second kappa shape index (κ2) is 6.25. The second-order valence-corrected chi connectivity index (χ2v) is 5.93. The van der Waals surface area contributed by atoms with Gasteiger partial charge in [0.25, 0.3) is 0 Å². The zero-order chi connectivity index (χ0) is 13.0. The summed E-state index contributed by atoms with van der Waals surface area (Å²) in [6.07, 6.45) is 3.53. The molecule has 2 rings (SSSR count). The van der Waals surface area contributed by atoms with E-state index in [1.165, 1.54) is 12.8 Å². The van der Waals surface area contributed by atoms with Crippen LogP contribution in [0.15, 0.2) is 18.2 Å². The Kier molecular flexibility index (Phi) is 4.91. The van der Waals surface area contributed by atoms with Crippen LogP contribution < -0.4 is 5.32 Å². The highest BCUT2D eigenvalue weighted by Gasteiger charge is 2.42. The third-order valence-electron chi connectivity index (χ3n) is 3.51. The summed E-state index contributed by atoms with van der Waals surface area (Å²) in [4.78, 5) is 0. The third-order valence-corrected chi connectivity index (χ3v) is 4.12. The second-order valence-electron chi connectivity index (χ2n) is 5.08. The zero-order valence-corrected chi connectivity index (χ0v) is 12.2. The van der Waals surface area contributed by atoms with Gasteiger partial charge in [0.05, 0.1) is 6.61 Å². The van der Waals surface area contributed by atoms with Crippen LogP contribution in [0.4, 0.5) is 0 Å². The largest absolute Gasteiger partial charge is 0.383 e. The number of ether oxygens (including phenoxy) is 1. The molecule has 0 unspecified atom stereocenters. The predicted octanol–water partition coefficient (Wildman–Crippen LogP) is 3.55. The molecule has 1 aromatic rings. The first-order valence-electron chi connectivity index (χ1n) is 6.29. The number of halogens is 2. The quantitative estimate of drug-likeness (QED) is 0.775. The Bertz CT molecular complexity index is 405. The highest BCUT2D eigenvalue weighted by atomic mass is 35.5. The molecule has 2 nitrogen and oxygen atoms in total. The predicted molar refractivity (Wildman–Crippen MR) is 76.6 cm³/mol. The van der Waals surface area contributed by atoms with Crippen molar-refractivity contribution >= 4 is 23.2 Å². The summed E-state index contributed by atoms with van der Waals surface area (Å²) in [5.74, 6) is 0. The van der Waals surface area contributed by atoms with Crippen molar-refractivity contribution in [1.82, 2.24) is 5.32 Å². The molecule has 100 valence electrons. The van der Waals surface area contributed by atoms with Gasteiger partial charge >= 0.3 is 0 Å². The summed E-state index contributed by atoms with van der Waals surface area (Å²) >= 11 is 12.2. The average Bonchev–Trinajstić information content (AvgIpc) is 3.10. The Labute approximate surface area is 119 Å². The molecule has 1 aromatic carbocycles. The minimum Gasteiger partial charge on any atom is -0.383 e. The minimum absolute atomic E-state index is 0.377. The van der Waals surface area contributed by atoms with Gasteiger partial charge < -0.3 is 10.1 Å². The Balaban J connectivity index is 1.90. The van der Waals surface area contributed by atoms with E-state index in [9.17, 15) is 0 Å². The molecule has 0 amide bonds. The van der Waals surface area contributed by atoms with E-state index in [-0.39, 0.29) is 0 Å². The third kappa shape index (κ3) is 3.86. The first-order valence-corrected chi connectivity index (χ1v) is 7.04. The first-order chi connectivity index (χ1) is 8.65. The smallest absolute Gasteiger partial charge is 0.0587 e. The monoisotopic (exact) mass is 287 g/mol. The molecule has 1 saturated carbocycles. The van der Waals surface area contributed by atoms with E-state index in [4.69, 9.17) is 27.9 Å². The zero-order valence-electron chi connectivity index (χ0n) is 10.6. The summed E-state index contributed by atoms with van der Waals surface area (Å²) in [6.45, 7) is 2.69. The Morgan fingerprint density at radius 1 is 1.33 bits per heavy atom. The van der Waals surface area contributed by atoms with Gasteiger partial charge in [0.15, 0.2) is 0 Å². The van der Waals surface area contributed by atoms with E-state index >= 15 is 0 Å². The number of benzene rings is 1. The number of nitrogens with one attached hydrogen (secondary N) is 1. The highest BCUT2D eigenvalue weighted by molar-refractivity contribution is 6.33. The maximum absolute atomic E-state index is 6.21. The van der Waals surface area contributed by atoms with Crippen LogP contribution in [-0.4, -0.2) is 26.8 Å². The van der Waals surface area contributed by atoms with E-state index in [1.807, 2.05) is 18.2 Å². The molecule has 0 bridgehead atoms. The number of rotatable bonds is 7. The van der Waals surface area contributed by atoms with Crippen LogP contribution in [0.2, 0.25) is 10.0 Å². The van der Waals surface area contributed by atoms with Crippen molar-refractivity contribution in [3.8, 4) is 0 Å². The Morgan fingerprint density at radius 2 is 2.11 bits per heavy atom. The molecule has 1 aliphatic carbocycles. The lowest BCUT2D eigenvalue weighted by Gasteiger charge is -2.17. The molecule has 0 heterocycles. The van der Waals surface area contributed by atoms with Gasteiger partial charge in [-0.15, -0.1) is 0 Å². The van der Waals surface area contributed by atoms with Crippen molar-refractivity contribution < 1.29 is 4.74 Å². The van der Waals surface area contributed by atoms with Gasteiger partial charge in [-0.3, -0.25) is 0 Å². The lowest BCUT2D eigenvalue weighted by Crippen LogP contribution is -2.28. The highest BCUT2D eigenvalue weighted by Crippen LogP contribution is 2.48. The van der Waals surface area contributed by atoms with Gasteiger partial charge in [0.2, 0.25) is 0 Å². The van der Waals surface area contributed by atoms with Crippen LogP contribution in [0.3, 0.4) is 0 Å². The Hall–Kier alpha value is -0.280. The molecule has 0 spiro atoms. The van der Waals surface area contributed by atoms with Gasteiger partial charge in [-0.1, -0.05) is 23.2 Å². The molecule has 0 atom stereocenters. The molecule has 1 aliphatic rings. The van der Waals surface area contributed by atoms with Crippen LogP contribution in [0, 0.1) is 5.41 Å².